The molecule has 0 aliphatic carbocycles. The van der Waals surface area contributed by atoms with Crippen LogP contribution in [-0.4, -0.2) is 39.1 Å². The van der Waals surface area contributed by atoms with Crippen molar-refractivity contribution in [1.29, 1.82) is 0 Å². The van der Waals surface area contributed by atoms with Gasteiger partial charge in [-0.3, -0.25) is 4.79 Å². The maximum atomic E-state index is 11.4. The van der Waals surface area contributed by atoms with E-state index in [1.807, 2.05) is 0 Å². The molecule has 0 saturated carbocycles. The Hall–Kier alpha value is -0.890. The number of aliphatic hydroxyl groups is 2. The molecule has 7 heteroatoms. The quantitative estimate of drug-likeness (QED) is 0.384. The van der Waals surface area contributed by atoms with Crippen LogP contribution < -0.4 is 11.3 Å². The minimum Gasteiger partial charge on any atom is -0.389 e. The maximum Gasteiger partial charge on any atom is 0.257 e. The van der Waals surface area contributed by atoms with Crippen molar-refractivity contribution in [2.45, 2.75) is 17.4 Å². The van der Waals surface area contributed by atoms with Gasteiger partial charge in [-0.05, 0) is 6.26 Å². The zero-order chi connectivity index (χ0) is 11.4. The van der Waals surface area contributed by atoms with E-state index in [2.05, 4.69) is 9.97 Å². The highest BCUT2D eigenvalue weighted by atomic mass is 32.2. The van der Waals surface area contributed by atoms with Crippen LogP contribution in [0.4, 0.5) is 0 Å². The van der Waals surface area contributed by atoms with E-state index in [1.54, 1.807) is 6.26 Å². The molecule has 0 spiro atoms. The fourth-order valence-corrected chi connectivity index (χ4v) is 1.39. The van der Waals surface area contributed by atoms with Crippen LogP contribution in [0, 0.1) is 0 Å². The Morgan fingerprint density at radius 2 is 2.33 bits per heavy atom. The first-order valence-electron chi connectivity index (χ1n) is 4.29. The number of aromatic nitrogens is 2. The van der Waals surface area contributed by atoms with Crippen molar-refractivity contribution in [3.05, 3.63) is 22.1 Å². The summed E-state index contributed by atoms with van der Waals surface area (Å²) >= 11 is 1.28. The Labute approximate surface area is 90.5 Å². The van der Waals surface area contributed by atoms with Crippen LogP contribution in [0.25, 0.3) is 0 Å². The molecule has 2 unspecified atom stereocenters. The van der Waals surface area contributed by atoms with Crippen LogP contribution in [0.2, 0.25) is 0 Å². The number of nitrogens with two attached hydrogens (primary N) is 1. The molecule has 0 bridgehead atoms. The van der Waals surface area contributed by atoms with Crippen molar-refractivity contribution in [3.8, 4) is 0 Å². The van der Waals surface area contributed by atoms with Crippen molar-refractivity contribution in [3.63, 3.8) is 0 Å². The predicted molar refractivity (Wildman–Crippen MR) is 56.7 cm³/mol. The summed E-state index contributed by atoms with van der Waals surface area (Å²) in [7, 11) is 0. The van der Waals surface area contributed by atoms with E-state index in [0.717, 1.165) is 0 Å². The third-order valence-corrected chi connectivity index (χ3v) is 2.52. The number of thioether (sulfide) groups is 1. The van der Waals surface area contributed by atoms with Gasteiger partial charge < -0.3 is 20.9 Å². The Morgan fingerprint density at radius 1 is 1.67 bits per heavy atom. The van der Waals surface area contributed by atoms with Gasteiger partial charge in [0.05, 0.1) is 11.7 Å². The minimum atomic E-state index is -1.30. The second kappa shape index (κ2) is 5.26. The summed E-state index contributed by atoms with van der Waals surface area (Å²) in [5.41, 5.74) is 4.73. The second-order valence-electron chi connectivity index (χ2n) is 2.92. The standard InChI is InChI=1S/C8H13N3O3S/c1-15-8-10-3-4(7(14)11-8)6(13)5(12)2-9/h3,5-6,12-13H,2,9H2,1H3,(H,10,11,14). The molecule has 1 aromatic rings. The van der Waals surface area contributed by atoms with E-state index < -0.39 is 17.8 Å². The lowest BCUT2D eigenvalue weighted by Gasteiger charge is -2.14. The van der Waals surface area contributed by atoms with Gasteiger partial charge in [-0.1, -0.05) is 11.8 Å². The van der Waals surface area contributed by atoms with E-state index in [-0.39, 0.29) is 12.1 Å². The summed E-state index contributed by atoms with van der Waals surface area (Å²) in [6, 6.07) is 0. The van der Waals surface area contributed by atoms with Gasteiger partial charge in [0.25, 0.3) is 5.56 Å². The molecule has 0 saturated heterocycles. The van der Waals surface area contributed by atoms with Gasteiger partial charge in [-0.15, -0.1) is 0 Å². The minimum absolute atomic E-state index is 0.0192. The van der Waals surface area contributed by atoms with Gasteiger partial charge in [0.15, 0.2) is 5.16 Å². The lowest BCUT2D eigenvalue weighted by atomic mass is 10.1. The third-order valence-electron chi connectivity index (χ3n) is 1.92. The topological polar surface area (TPSA) is 112 Å². The summed E-state index contributed by atoms with van der Waals surface area (Å²) in [6.07, 6.45) is 0.548. The van der Waals surface area contributed by atoms with E-state index >= 15 is 0 Å². The number of aliphatic hydroxyl groups excluding tert-OH is 2. The molecule has 1 heterocycles. The van der Waals surface area contributed by atoms with Gasteiger partial charge in [0, 0.05) is 12.7 Å². The first-order valence-corrected chi connectivity index (χ1v) is 5.52. The molecule has 0 fully saturated rings. The lowest BCUT2D eigenvalue weighted by molar-refractivity contribution is 0.0231. The molecule has 0 radical (unpaired) electrons. The molecule has 1 aromatic heterocycles. The monoisotopic (exact) mass is 231 g/mol. The van der Waals surface area contributed by atoms with E-state index in [9.17, 15) is 15.0 Å². The Balaban J connectivity index is 3.00. The van der Waals surface area contributed by atoms with Crippen molar-refractivity contribution in [1.82, 2.24) is 9.97 Å². The summed E-state index contributed by atoms with van der Waals surface area (Å²) in [6.45, 7) is -0.120. The van der Waals surface area contributed by atoms with Crippen molar-refractivity contribution in [2.75, 3.05) is 12.8 Å². The molecule has 2 atom stereocenters. The molecular weight excluding hydrogens is 218 g/mol. The predicted octanol–water partition coefficient (Wildman–Crippen LogP) is -1.16. The molecule has 15 heavy (non-hydrogen) atoms. The number of H-pyrrole nitrogens is 1. The summed E-state index contributed by atoms with van der Waals surface area (Å²) in [4.78, 5) is 17.8. The van der Waals surface area contributed by atoms with Gasteiger partial charge >= 0.3 is 0 Å². The Bertz CT molecular complexity index is 382. The van der Waals surface area contributed by atoms with Crippen molar-refractivity contribution < 1.29 is 10.2 Å². The summed E-state index contributed by atoms with van der Waals surface area (Å²) in [5.74, 6) is 0. The molecule has 0 aromatic carbocycles. The van der Waals surface area contributed by atoms with Crippen LogP contribution in [0.5, 0.6) is 0 Å². The molecule has 1 rings (SSSR count). The van der Waals surface area contributed by atoms with Crippen LogP contribution in [0.15, 0.2) is 16.1 Å². The highest BCUT2D eigenvalue weighted by Crippen LogP contribution is 2.12. The molecule has 0 amide bonds. The first kappa shape index (κ1) is 12.2. The number of hydrogen-bond donors (Lipinski definition) is 4. The molecule has 0 aliphatic rings. The number of nitrogens with one attached hydrogen (secondary N) is 1. The smallest absolute Gasteiger partial charge is 0.257 e. The second-order valence-corrected chi connectivity index (χ2v) is 3.72. The highest BCUT2D eigenvalue weighted by molar-refractivity contribution is 7.98. The average Bonchev–Trinajstić information content (AvgIpc) is 2.26. The SMILES string of the molecule is CSc1ncc(C(O)C(O)CN)c(=O)[nH]1. The fraction of sp³-hybridized carbons (Fsp3) is 0.500. The molecule has 84 valence electrons. The largest absolute Gasteiger partial charge is 0.389 e. The first-order chi connectivity index (χ1) is 7.10. The van der Waals surface area contributed by atoms with Crippen LogP contribution in [0.1, 0.15) is 11.7 Å². The lowest BCUT2D eigenvalue weighted by Crippen LogP contribution is -2.31. The maximum absolute atomic E-state index is 11.4. The average molecular weight is 231 g/mol. The van der Waals surface area contributed by atoms with Crippen LogP contribution in [-0.2, 0) is 0 Å². The van der Waals surface area contributed by atoms with Gasteiger partial charge in [-0.25, -0.2) is 4.98 Å². The number of aromatic amines is 1. The van der Waals surface area contributed by atoms with Gasteiger partial charge in [0.2, 0.25) is 0 Å². The van der Waals surface area contributed by atoms with Crippen LogP contribution >= 0.6 is 11.8 Å². The number of hydrogen-bond acceptors (Lipinski definition) is 6. The molecular formula is C8H13N3O3S. The van der Waals surface area contributed by atoms with Crippen LogP contribution in [0.3, 0.4) is 0 Å². The van der Waals surface area contributed by atoms with E-state index in [4.69, 9.17) is 5.73 Å². The highest BCUT2D eigenvalue weighted by Gasteiger charge is 2.20. The van der Waals surface area contributed by atoms with Crippen molar-refractivity contribution in [2.24, 2.45) is 5.73 Å². The fourth-order valence-electron chi connectivity index (χ4n) is 1.04. The Morgan fingerprint density at radius 3 is 2.80 bits per heavy atom. The summed E-state index contributed by atoms with van der Waals surface area (Å²) < 4.78 is 0. The number of rotatable bonds is 4. The van der Waals surface area contributed by atoms with Gasteiger partial charge in [-0.2, -0.15) is 0 Å². The summed E-state index contributed by atoms with van der Waals surface area (Å²) in [5, 5.41) is 19.3. The van der Waals surface area contributed by atoms with Gasteiger partial charge in [0.1, 0.15) is 6.10 Å². The van der Waals surface area contributed by atoms with E-state index in [0.29, 0.717) is 5.16 Å². The van der Waals surface area contributed by atoms with Crippen molar-refractivity contribution >= 4 is 11.8 Å². The number of nitrogens with zero attached hydrogens (tertiary/aromatic N) is 1. The van der Waals surface area contributed by atoms with E-state index in [1.165, 1.54) is 18.0 Å². The zero-order valence-electron chi connectivity index (χ0n) is 8.17. The zero-order valence-corrected chi connectivity index (χ0v) is 8.99. The normalized spacial score (nSPS) is 14.9. The molecule has 5 N–H and O–H groups in total. The third kappa shape index (κ3) is 2.78. The molecule has 0 aliphatic heterocycles. The Kier molecular flexibility index (Phi) is 4.28. The molecule has 6 nitrogen and oxygen atoms in total.